The van der Waals surface area contributed by atoms with Crippen molar-refractivity contribution in [3.05, 3.63) is 76.2 Å². The van der Waals surface area contributed by atoms with Gasteiger partial charge in [-0.2, -0.15) is 0 Å². The van der Waals surface area contributed by atoms with Crippen molar-refractivity contribution in [1.29, 1.82) is 0 Å². The third-order valence-corrected chi connectivity index (χ3v) is 4.92. The van der Waals surface area contributed by atoms with Crippen molar-refractivity contribution >= 4 is 17.7 Å². The highest BCUT2D eigenvalue weighted by atomic mass is 16.2. The van der Waals surface area contributed by atoms with Gasteiger partial charge >= 0.3 is 5.69 Å². The van der Waals surface area contributed by atoms with E-state index in [-0.39, 0.29) is 18.1 Å². The summed E-state index contributed by atoms with van der Waals surface area (Å²) in [7, 11) is 0. The van der Waals surface area contributed by atoms with Crippen LogP contribution in [0, 0.1) is 0 Å². The average Bonchev–Trinajstić information content (AvgIpc) is 3.33. The number of nitrogens with one attached hydrogen (secondary N) is 1. The quantitative estimate of drug-likeness (QED) is 0.736. The largest absolute Gasteiger partial charge is 0.352 e. The first-order valence-corrected chi connectivity index (χ1v) is 9.14. The Kier molecular flexibility index (Phi) is 3.82. The van der Waals surface area contributed by atoms with Crippen molar-refractivity contribution in [2.75, 3.05) is 18.0 Å². The lowest BCUT2D eigenvalue weighted by atomic mass is 10.1. The van der Waals surface area contributed by atoms with Crippen molar-refractivity contribution in [1.82, 2.24) is 19.7 Å². The Morgan fingerprint density at radius 1 is 1.07 bits per heavy atom. The molecular formula is C20H18N6O2. The van der Waals surface area contributed by atoms with Gasteiger partial charge in [0.1, 0.15) is 12.4 Å². The lowest BCUT2D eigenvalue weighted by molar-refractivity contribution is -0.122. The number of rotatable bonds is 4. The zero-order valence-corrected chi connectivity index (χ0v) is 15.1. The van der Waals surface area contributed by atoms with Crippen LogP contribution in [0.2, 0.25) is 0 Å². The van der Waals surface area contributed by atoms with E-state index in [2.05, 4.69) is 15.4 Å². The fraction of sp³-hybridized carbons (Fsp3) is 0.200. The van der Waals surface area contributed by atoms with Gasteiger partial charge in [-0.1, -0.05) is 42.5 Å². The van der Waals surface area contributed by atoms with Crippen LogP contribution >= 0.6 is 0 Å². The Labute approximate surface area is 160 Å². The summed E-state index contributed by atoms with van der Waals surface area (Å²) < 4.78 is 2.78. The predicted molar refractivity (Wildman–Crippen MR) is 105 cm³/mol. The molecule has 0 bridgehead atoms. The summed E-state index contributed by atoms with van der Waals surface area (Å²) in [6, 6.07) is 17.3. The van der Waals surface area contributed by atoms with E-state index in [9.17, 15) is 9.59 Å². The van der Waals surface area contributed by atoms with Crippen LogP contribution in [0.1, 0.15) is 11.1 Å². The number of aliphatic imine (C=N–C) groups is 1. The molecule has 8 heteroatoms. The molecule has 0 saturated carbocycles. The number of anilines is 1. The molecule has 0 atom stereocenters. The Hall–Kier alpha value is -3.68. The summed E-state index contributed by atoms with van der Waals surface area (Å²) in [6.45, 7) is 1.60. The number of carbonyl (C=O) groups excluding carboxylic acids is 1. The smallest absolute Gasteiger partial charge is 0.350 e. The standard InChI is InChI=1S/C20H18N6O2/c27-17(22-12-14-6-2-1-3-7-14)13-25-20(28)26-16-9-5-4-8-15(16)18-21-10-11-24(18)19(26)23-25/h1-9H,10-13H2,(H,22,27). The highest BCUT2D eigenvalue weighted by Gasteiger charge is 2.34. The summed E-state index contributed by atoms with van der Waals surface area (Å²) in [5.74, 6) is 1.08. The van der Waals surface area contributed by atoms with E-state index in [0.717, 1.165) is 22.6 Å². The predicted octanol–water partition coefficient (Wildman–Crippen LogP) is 0.931. The monoisotopic (exact) mass is 374 g/mol. The normalized spacial score (nSPS) is 14.1. The van der Waals surface area contributed by atoms with Crippen molar-refractivity contribution in [2.45, 2.75) is 13.1 Å². The second-order valence-electron chi connectivity index (χ2n) is 6.71. The molecule has 28 heavy (non-hydrogen) atoms. The third kappa shape index (κ3) is 2.61. The van der Waals surface area contributed by atoms with E-state index in [1.807, 2.05) is 59.5 Å². The molecule has 3 aromatic rings. The number of fused-ring (bicyclic) bond motifs is 6. The minimum absolute atomic E-state index is 0.131. The fourth-order valence-corrected chi connectivity index (χ4v) is 3.60. The van der Waals surface area contributed by atoms with Gasteiger partial charge in [-0.15, -0.1) is 5.10 Å². The summed E-state index contributed by atoms with van der Waals surface area (Å²) in [6.07, 6.45) is 0. The number of amides is 1. The summed E-state index contributed by atoms with van der Waals surface area (Å²) in [4.78, 5) is 31.9. The summed E-state index contributed by atoms with van der Waals surface area (Å²) in [5.41, 5.74) is 2.32. The maximum atomic E-state index is 13.0. The molecule has 1 aromatic heterocycles. The number of carbonyl (C=O) groups is 1. The van der Waals surface area contributed by atoms with Gasteiger partial charge in [0, 0.05) is 18.7 Å². The van der Waals surface area contributed by atoms with Gasteiger partial charge in [-0.25, -0.2) is 14.0 Å². The van der Waals surface area contributed by atoms with Gasteiger partial charge < -0.3 is 5.32 Å². The fourth-order valence-electron chi connectivity index (χ4n) is 3.60. The van der Waals surface area contributed by atoms with Crippen LogP contribution in [0.15, 0.2) is 64.4 Å². The molecule has 0 fully saturated rings. The minimum atomic E-state index is -0.330. The van der Waals surface area contributed by atoms with Crippen LogP contribution < -0.4 is 15.9 Å². The lowest BCUT2D eigenvalue weighted by Crippen LogP contribution is -2.37. The number of hydrogen-bond acceptors (Lipinski definition) is 5. The Bertz CT molecular complexity index is 1150. The lowest BCUT2D eigenvalue weighted by Gasteiger charge is -2.26. The van der Waals surface area contributed by atoms with Gasteiger partial charge in [-0.05, 0) is 17.7 Å². The number of hydrogen-bond donors (Lipinski definition) is 1. The van der Waals surface area contributed by atoms with Gasteiger partial charge in [-0.3, -0.25) is 14.7 Å². The van der Waals surface area contributed by atoms with E-state index >= 15 is 0 Å². The molecule has 3 heterocycles. The molecule has 8 nitrogen and oxygen atoms in total. The van der Waals surface area contributed by atoms with Crippen LogP contribution in [0.25, 0.3) is 5.69 Å². The second-order valence-corrected chi connectivity index (χ2v) is 6.71. The van der Waals surface area contributed by atoms with E-state index in [4.69, 9.17) is 0 Å². The van der Waals surface area contributed by atoms with E-state index < -0.39 is 0 Å². The Balaban J connectivity index is 1.44. The zero-order valence-electron chi connectivity index (χ0n) is 15.1. The van der Waals surface area contributed by atoms with E-state index in [1.54, 1.807) is 4.57 Å². The highest BCUT2D eigenvalue weighted by Crippen LogP contribution is 2.29. The first-order valence-electron chi connectivity index (χ1n) is 9.14. The molecule has 5 rings (SSSR count). The molecule has 140 valence electrons. The van der Waals surface area contributed by atoms with Crippen LogP contribution in [-0.2, 0) is 17.9 Å². The molecule has 0 saturated heterocycles. The second kappa shape index (κ2) is 6.49. The molecule has 0 radical (unpaired) electrons. The molecular weight excluding hydrogens is 356 g/mol. The minimum Gasteiger partial charge on any atom is -0.350 e. The van der Waals surface area contributed by atoms with Crippen molar-refractivity contribution < 1.29 is 4.79 Å². The van der Waals surface area contributed by atoms with Crippen molar-refractivity contribution in [3.63, 3.8) is 0 Å². The molecule has 1 amide bonds. The first kappa shape index (κ1) is 16.5. The molecule has 2 aliphatic rings. The number of benzene rings is 2. The number of amidine groups is 1. The molecule has 2 aromatic carbocycles. The summed E-state index contributed by atoms with van der Waals surface area (Å²) >= 11 is 0. The Morgan fingerprint density at radius 3 is 2.71 bits per heavy atom. The van der Waals surface area contributed by atoms with Gasteiger partial charge in [0.15, 0.2) is 0 Å². The van der Waals surface area contributed by atoms with Crippen LogP contribution in [0.4, 0.5) is 5.95 Å². The average molecular weight is 374 g/mol. The van der Waals surface area contributed by atoms with E-state index in [0.29, 0.717) is 25.6 Å². The number of aromatic nitrogens is 3. The van der Waals surface area contributed by atoms with Crippen LogP contribution in [-0.4, -0.2) is 39.2 Å². The number of para-hydroxylation sites is 1. The Morgan fingerprint density at radius 2 is 1.86 bits per heavy atom. The highest BCUT2D eigenvalue weighted by molar-refractivity contribution is 6.14. The van der Waals surface area contributed by atoms with Gasteiger partial charge in [0.05, 0.1) is 12.2 Å². The topological polar surface area (TPSA) is 84.5 Å². The van der Waals surface area contributed by atoms with Crippen molar-refractivity contribution in [2.24, 2.45) is 4.99 Å². The zero-order chi connectivity index (χ0) is 19.1. The third-order valence-electron chi connectivity index (χ3n) is 4.92. The molecule has 1 N–H and O–H groups in total. The van der Waals surface area contributed by atoms with Gasteiger partial charge in [0.25, 0.3) is 0 Å². The summed E-state index contributed by atoms with van der Waals surface area (Å²) in [5, 5.41) is 7.27. The van der Waals surface area contributed by atoms with Crippen molar-refractivity contribution in [3.8, 4) is 5.69 Å². The molecule has 0 unspecified atom stereocenters. The number of nitrogens with zero attached hydrogens (tertiary/aromatic N) is 5. The molecule has 0 spiro atoms. The molecule has 2 aliphatic heterocycles. The maximum absolute atomic E-state index is 13.0. The maximum Gasteiger partial charge on any atom is 0.352 e. The van der Waals surface area contributed by atoms with E-state index in [1.165, 1.54) is 4.68 Å². The first-order chi connectivity index (χ1) is 13.7. The van der Waals surface area contributed by atoms with Crippen LogP contribution in [0.5, 0.6) is 0 Å². The van der Waals surface area contributed by atoms with Gasteiger partial charge in [0.2, 0.25) is 11.9 Å². The van der Waals surface area contributed by atoms with Crippen LogP contribution in [0.3, 0.4) is 0 Å². The SMILES string of the molecule is O=C(Cn1nc2n(c1=O)-c1ccccc1C1=NCCN12)NCc1ccccc1. The molecule has 0 aliphatic carbocycles.